The predicted octanol–water partition coefficient (Wildman–Crippen LogP) is 2.01. The normalized spacial score (nSPS) is 21.9. The fourth-order valence-electron chi connectivity index (χ4n) is 4.47. The zero-order chi connectivity index (χ0) is 29.6. The number of hydrogen-bond acceptors (Lipinski definition) is 11. The molecule has 11 nitrogen and oxygen atoms in total. The molecule has 0 bridgehead atoms. The summed E-state index contributed by atoms with van der Waals surface area (Å²) in [6.45, 7) is 4.37. The van der Waals surface area contributed by atoms with Crippen molar-refractivity contribution in [2.75, 3.05) is 14.2 Å². The third-order valence-corrected chi connectivity index (χ3v) is 6.84. The number of methoxy groups -OCH3 is 2. The van der Waals surface area contributed by atoms with Gasteiger partial charge in [0.2, 0.25) is 29.0 Å². The molecule has 0 spiro atoms. The molecule has 3 rings (SSSR count). The average Bonchev–Trinajstić information content (AvgIpc) is 2.97. The average molecular weight is 555 g/mol. The first-order valence-electron chi connectivity index (χ1n) is 12.9. The van der Waals surface area contributed by atoms with Crippen LogP contribution in [-0.2, 0) is 41.7 Å². The number of carbonyl (C=O) groups is 5. The molecule has 0 unspecified atom stereocenters. The molecule has 214 valence electrons. The van der Waals surface area contributed by atoms with Gasteiger partial charge in [-0.05, 0) is 12.0 Å². The highest BCUT2D eigenvalue weighted by atomic mass is 16.5. The number of esters is 1. The Bertz CT molecular complexity index is 1280. The lowest BCUT2D eigenvalue weighted by molar-refractivity contribution is -0.163. The van der Waals surface area contributed by atoms with E-state index in [2.05, 4.69) is 10.3 Å². The summed E-state index contributed by atoms with van der Waals surface area (Å²) in [4.78, 5) is 70.3. The summed E-state index contributed by atoms with van der Waals surface area (Å²) >= 11 is 0. The number of aromatic nitrogens is 1. The molecule has 2 N–H and O–H groups in total. The van der Waals surface area contributed by atoms with E-state index < -0.39 is 65.4 Å². The van der Waals surface area contributed by atoms with Gasteiger partial charge in [-0.2, -0.15) is 0 Å². The highest BCUT2D eigenvalue weighted by molar-refractivity contribution is 6.44. The molecule has 0 radical (unpaired) electrons. The largest absolute Gasteiger partial charge is 0.503 e. The van der Waals surface area contributed by atoms with Gasteiger partial charge in [-0.15, -0.1) is 0 Å². The lowest BCUT2D eigenvalue weighted by atomic mass is 9.81. The van der Waals surface area contributed by atoms with Crippen molar-refractivity contribution in [1.29, 1.82) is 0 Å². The second-order valence-electron chi connectivity index (χ2n) is 9.96. The number of carbonyl (C=O) groups excluding carboxylic acids is 5. The number of ketones is 4. The van der Waals surface area contributed by atoms with E-state index in [0.717, 1.165) is 0 Å². The summed E-state index contributed by atoms with van der Waals surface area (Å²) in [5.74, 6) is -7.29. The van der Waals surface area contributed by atoms with Crippen molar-refractivity contribution >= 4 is 29.1 Å². The zero-order valence-electron chi connectivity index (χ0n) is 23.1. The molecule has 4 atom stereocenters. The summed E-state index contributed by atoms with van der Waals surface area (Å²) in [6.07, 6.45) is -1.89. The Balaban J connectivity index is 1.97. The van der Waals surface area contributed by atoms with Crippen molar-refractivity contribution in [3.63, 3.8) is 0 Å². The van der Waals surface area contributed by atoms with Gasteiger partial charge in [0.15, 0.2) is 11.5 Å². The predicted molar refractivity (Wildman–Crippen MR) is 142 cm³/mol. The lowest BCUT2D eigenvalue weighted by Crippen LogP contribution is -2.46. The first kappa shape index (κ1) is 30.4. The van der Waals surface area contributed by atoms with Crippen LogP contribution in [0.15, 0.2) is 36.4 Å². The van der Waals surface area contributed by atoms with Crippen LogP contribution in [0.25, 0.3) is 0 Å². The molecular formula is C29H34N2O9. The molecule has 1 aromatic carbocycles. The van der Waals surface area contributed by atoms with E-state index in [1.807, 2.05) is 0 Å². The van der Waals surface area contributed by atoms with Crippen LogP contribution in [-0.4, -0.2) is 65.6 Å². The van der Waals surface area contributed by atoms with Crippen LogP contribution in [0.3, 0.4) is 0 Å². The molecule has 11 heteroatoms. The lowest BCUT2D eigenvalue weighted by Gasteiger charge is -2.29. The monoisotopic (exact) mass is 554 g/mol. The van der Waals surface area contributed by atoms with E-state index in [9.17, 15) is 29.1 Å². The highest BCUT2D eigenvalue weighted by Crippen LogP contribution is 2.32. The number of Topliss-reactive ketones (excluding diaryl/α,β-unsaturated/α-hetero) is 4. The minimum atomic E-state index is -1.39. The van der Waals surface area contributed by atoms with Crippen molar-refractivity contribution in [3.05, 3.63) is 47.7 Å². The van der Waals surface area contributed by atoms with Crippen LogP contribution < -0.4 is 14.8 Å². The molecule has 1 aliphatic rings. The Kier molecular flexibility index (Phi) is 10.1. The van der Waals surface area contributed by atoms with Crippen molar-refractivity contribution in [3.8, 4) is 17.4 Å². The van der Waals surface area contributed by atoms with Gasteiger partial charge in [0, 0.05) is 19.0 Å². The smallest absolute Gasteiger partial charge is 0.308 e. The molecule has 40 heavy (non-hydrogen) atoms. The van der Waals surface area contributed by atoms with Gasteiger partial charge in [-0.3, -0.25) is 24.0 Å². The van der Waals surface area contributed by atoms with Crippen LogP contribution in [0.2, 0.25) is 0 Å². The van der Waals surface area contributed by atoms with E-state index in [4.69, 9.17) is 14.2 Å². The second-order valence-corrected chi connectivity index (χ2v) is 9.96. The number of aromatic hydroxyl groups is 1. The maximum atomic E-state index is 13.5. The second kappa shape index (κ2) is 13.3. The summed E-state index contributed by atoms with van der Waals surface area (Å²) < 4.78 is 15.9. The first-order chi connectivity index (χ1) is 19.0. The Labute approximate surface area is 232 Å². The third kappa shape index (κ3) is 6.90. The van der Waals surface area contributed by atoms with Crippen molar-refractivity contribution in [2.45, 2.75) is 52.3 Å². The van der Waals surface area contributed by atoms with Gasteiger partial charge in [-0.1, -0.05) is 51.1 Å². The molecule has 0 amide bonds. The van der Waals surface area contributed by atoms with Gasteiger partial charge >= 0.3 is 5.97 Å². The Hall–Kier alpha value is -4.12. The van der Waals surface area contributed by atoms with Crippen LogP contribution in [0, 0.1) is 17.8 Å². The van der Waals surface area contributed by atoms with E-state index in [-0.39, 0.29) is 36.0 Å². The Morgan fingerprint density at radius 3 is 2.33 bits per heavy atom. The van der Waals surface area contributed by atoms with Crippen LogP contribution in [0.5, 0.6) is 17.4 Å². The molecular weight excluding hydrogens is 520 g/mol. The molecule has 1 saturated carbocycles. The van der Waals surface area contributed by atoms with Crippen molar-refractivity contribution < 1.29 is 43.3 Å². The highest BCUT2D eigenvalue weighted by Gasteiger charge is 2.46. The van der Waals surface area contributed by atoms with E-state index in [1.165, 1.54) is 27.2 Å². The topological polar surface area (TPSA) is 158 Å². The molecule has 1 fully saturated rings. The quantitative estimate of drug-likeness (QED) is 0.345. The minimum absolute atomic E-state index is 0.0345. The van der Waals surface area contributed by atoms with Gasteiger partial charge in [-0.25, -0.2) is 4.98 Å². The van der Waals surface area contributed by atoms with Crippen LogP contribution in [0.1, 0.15) is 38.4 Å². The van der Waals surface area contributed by atoms with Crippen LogP contribution >= 0.6 is 0 Å². The molecule has 1 heterocycles. The van der Waals surface area contributed by atoms with Crippen molar-refractivity contribution in [1.82, 2.24) is 10.3 Å². The van der Waals surface area contributed by atoms with E-state index >= 15 is 0 Å². The van der Waals surface area contributed by atoms with Crippen molar-refractivity contribution in [2.24, 2.45) is 17.8 Å². The Morgan fingerprint density at radius 1 is 1.05 bits per heavy atom. The van der Waals surface area contributed by atoms with Gasteiger partial charge < -0.3 is 24.6 Å². The number of nitrogens with one attached hydrogen (secondary N) is 1. The number of ether oxygens (including phenoxy) is 3. The molecule has 1 aromatic heterocycles. The molecule has 0 aliphatic heterocycles. The van der Waals surface area contributed by atoms with Gasteiger partial charge in [0.05, 0.1) is 38.0 Å². The summed E-state index contributed by atoms with van der Waals surface area (Å²) in [5, 5.41) is 13.3. The molecule has 1 aliphatic carbocycles. The number of nitrogens with zero attached hydrogens (tertiary/aromatic N) is 1. The fourth-order valence-corrected chi connectivity index (χ4v) is 4.47. The van der Waals surface area contributed by atoms with E-state index in [1.54, 1.807) is 44.2 Å². The third-order valence-electron chi connectivity index (χ3n) is 6.84. The molecule has 0 saturated heterocycles. The number of benzene rings is 1. The SMILES string of the molecule is COc1cc(OC)c(O)c(CN[C@H]2CC(=O)C(=O)[C@H](Cc3ccccc3)[C@H](OC(=O)C(C)C)[C@H](C)C(=O)C2=O)n1. The van der Waals surface area contributed by atoms with E-state index in [0.29, 0.717) is 5.56 Å². The number of hydrogen-bond donors (Lipinski definition) is 2. The maximum absolute atomic E-state index is 13.5. The minimum Gasteiger partial charge on any atom is -0.503 e. The summed E-state index contributed by atoms with van der Waals surface area (Å²) in [7, 11) is 2.71. The molecule has 2 aromatic rings. The number of rotatable bonds is 9. The van der Waals surface area contributed by atoms with Crippen LogP contribution in [0.4, 0.5) is 0 Å². The maximum Gasteiger partial charge on any atom is 0.308 e. The summed E-state index contributed by atoms with van der Waals surface area (Å²) in [6, 6.07) is 8.82. The zero-order valence-corrected chi connectivity index (χ0v) is 23.1. The van der Waals surface area contributed by atoms with Gasteiger partial charge in [0.1, 0.15) is 11.8 Å². The summed E-state index contributed by atoms with van der Waals surface area (Å²) in [5.41, 5.74) is 0.738. The first-order valence-corrected chi connectivity index (χ1v) is 12.9. The van der Waals surface area contributed by atoms with Gasteiger partial charge in [0.25, 0.3) is 0 Å². The fraction of sp³-hybridized carbons (Fsp3) is 0.448. The standard InChI is InChI=1S/C29H34N2O9/c1-15(2)29(37)40-28-16(3)24(33)27(36)19(30-14-20-26(35)22(38-4)13-23(31-20)39-5)12-21(32)25(34)18(28)11-17-9-7-6-8-10-17/h6-10,13,15-16,18-19,28,30,35H,11-12,14H2,1-5H3/t16-,18+,19+,28-/m1/s1. The number of pyridine rings is 1. The Morgan fingerprint density at radius 2 is 1.73 bits per heavy atom.